The van der Waals surface area contributed by atoms with Gasteiger partial charge in [-0.2, -0.15) is 11.8 Å². The molecule has 1 N–H and O–H groups in total. The van der Waals surface area contributed by atoms with Crippen LogP contribution in [0.5, 0.6) is 0 Å². The number of carbonyl (C=O) groups is 1. The molecule has 43 heavy (non-hydrogen) atoms. The van der Waals surface area contributed by atoms with Crippen molar-refractivity contribution in [2.45, 2.75) is 27.2 Å². The smallest absolute Gasteiger partial charge is 0.242 e. The average Bonchev–Trinajstić information content (AvgIpc) is 3.38. The van der Waals surface area contributed by atoms with E-state index in [1.807, 2.05) is 58.8 Å². The van der Waals surface area contributed by atoms with E-state index in [4.69, 9.17) is 33.2 Å². The van der Waals surface area contributed by atoms with Crippen molar-refractivity contribution in [1.29, 1.82) is 0 Å². The summed E-state index contributed by atoms with van der Waals surface area (Å²) in [6, 6.07) is 4.09. The van der Waals surface area contributed by atoms with E-state index in [1.165, 1.54) is 6.42 Å². The van der Waals surface area contributed by atoms with Crippen LogP contribution in [0.3, 0.4) is 0 Å². The van der Waals surface area contributed by atoms with Crippen LogP contribution in [0.1, 0.15) is 33.0 Å². The molecule has 0 aliphatic carbocycles. The zero-order valence-electron chi connectivity index (χ0n) is 25.1. The Bertz CT molecular complexity index is 1380. The fourth-order valence-electron chi connectivity index (χ4n) is 4.93. The molecule has 0 atom stereocenters. The number of hydrogen-bond donors (Lipinski definition) is 1. The van der Waals surface area contributed by atoms with Gasteiger partial charge in [-0.1, -0.05) is 56.1 Å². The lowest BCUT2D eigenvalue weighted by molar-refractivity contribution is -0.129. The molecular formula is C31H40Cl2N8OS. The minimum absolute atomic E-state index is 0.00217. The number of allylic oxidation sites excluding steroid dienone is 1. The van der Waals surface area contributed by atoms with Crippen molar-refractivity contribution in [2.75, 3.05) is 72.4 Å². The molecule has 230 valence electrons. The molecule has 3 aromatic rings. The summed E-state index contributed by atoms with van der Waals surface area (Å²) in [5, 5.41) is 4.38. The lowest BCUT2D eigenvalue weighted by Crippen LogP contribution is -2.50. The molecule has 0 bridgehead atoms. The SMILES string of the molecule is C=Cc1nc(-c2ccc(N3CCSCC3)nc2)c(NCC(=O)N2CCN(c3c(Cl)cncc3Cl)CC2)n1/C=C\C.CCC. The second kappa shape index (κ2) is 16.0. The Hall–Kier alpha value is -3.21. The molecule has 2 aliphatic heterocycles. The standard InChI is InChI=1S/C28H32Cl2N8OS.C3H8/c1-3-7-38-23(4-2)34-26(20-5-6-24(32-16-20)35-12-14-40-15-13-35)28(38)33-19-25(39)36-8-10-37(11-9-36)27-21(29)17-31-18-22(27)30;1-3-2/h3-7,16-18,33H,2,8-15,19H2,1H3;3H2,1-2H3/b7-3-;. The number of thioether (sulfide) groups is 1. The summed E-state index contributed by atoms with van der Waals surface area (Å²) in [6.07, 6.45) is 11.8. The number of halogens is 2. The quantitative estimate of drug-likeness (QED) is 0.298. The average molecular weight is 644 g/mol. The summed E-state index contributed by atoms with van der Waals surface area (Å²) in [4.78, 5) is 33.1. The Labute approximate surface area is 269 Å². The largest absolute Gasteiger partial charge is 0.365 e. The maximum atomic E-state index is 13.3. The number of imidazole rings is 1. The zero-order chi connectivity index (χ0) is 30.8. The number of hydrogen-bond acceptors (Lipinski definition) is 8. The molecule has 0 spiro atoms. The van der Waals surface area contributed by atoms with Gasteiger partial charge >= 0.3 is 0 Å². The number of piperazine rings is 1. The van der Waals surface area contributed by atoms with Crippen molar-refractivity contribution < 1.29 is 4.79 Å². The zero-order valence-corrected chi connectivity index (χ0v) is 27.4. The first kappa shape index (κ1) is 32.7. The lowest BCUT2D eigenvalue weighted by atomic mass is 10.2. The summed E-state index contributed by atoms with van der Waals surface area (Å²) in [7, 11) is 0. The fraction of sp³-hybridized carbons (Fsp3) is 0.419. The monoisotopic (exact) mass is 642 g/mol. The molecule has 0 aromatic carbocycles. The molecule has 0 unspecified atom stereocenters. The van der Waals surface area contributed by atoms with Crippen molar-refractivity contribution in [3.05, 3.63) is 59.2 Å². The molecule has 5 rings (SSSR count). The Morgan fingerprint density at radius 1 is 1.02 bits per heavy atom. The first-order valence-electron chi connectivity index (χ1n) is 14.6. The first-order valence-corrected chi connectivity index (χ1v) is 16.5. The van der Waals surface area contributed by atoms with Crippen LogP contribution < -0.4 is 15.1 Å². The molecule has 3 aromatic heterocycles. The van der Waals surface area contributed by atoms with E-state index in [-0.39, 0.29) is 12.5 Å². The van der Waals surface area contributed by atoms with Crippen LogP contribution in [0, 0.1) is 0 Å². The molecular weight excluding hydrogens is 603 g/mol. The number of rotatable bonds is 8. The summed E-state index contributed by atoms with van der Waals surface area (Å²) < 4.78 is 1.91. The summed E-state index contributed by atoms with van der Waals surface area (Å²) >= 11 is 14.7. The maximum absolute atomic E-state index is 13.3. The number of amides is 1. The predicted molar refractivity (Wildman–Crippen MR) is 184 cm³/mol. The molecule has 5 heterocycles. The summed E-state index contributed by atoms with van der Waals surface area (Å²) in [5.74, 6) is 4.60. The number of nitrogens with zero attached hydrogens (tertiary/aromatic N) is 7. The fourth-order valence-corrected chi connectivity index (χ4v) is 6.43. The van der Waals surface area contributed by atoms with Gasteiger partial charge < -0.3 is 20.0 Å². The van der Waals surface area contributed by atoms with Crippen LogP contribution in [-0.2, 0) is 4.79 Å². The Balaban J connectivity index is 0.00000135. The third-order valence-corrected chi connectivity index (χ3v) is 8.46. The van der Waals surface area contributed by atoms with Crippen molar-refractivity contribution in [2.24, 2.45) is 0 Å². The van der Waals surface area contributed by atoms with Gasteiger partial charge in [-0.05, 0) is 25.1 Å². The van der Waals surface area contributed by atoms with Crippen LogP contribution in [0.4, 0.5) is 17.3 Å². The number of anilines is 3. The van der Waals surface area contributed by atoms with Gasteiger partial charge in [-0.25, -0.2) is 9.97 Å². The second-order valence-electron chi connectivity index (χ2n) is 10.1. The van der Waals surface area contributed by atoms with Gasteiger partial charge in [0.25, 0.3) is 0 Å². The number of carbonyl (C=O) groups excluding carboxylic acids is 1. The normalized spacial score (nSPS) is 15.3. The topological polar surface area (TPSA) is 82.4 Å². The van der Waals surface area contributed by atoms with Gasteiger partial charge in [0.15, 0.2) is 0 Å². The van der Waals surface area contributed by atoms with E-state index in [0.717, 1.165) is 53.2 Å². The van der Waals surface area contributed by atoms with E-state index in [0.29, 0.717) is 42.0 Å². The number of aromatic nitrogens is 4. The molecule has 0 saturated carbocycles. The predicted octanol–water partition coefficient (Wildman–Crippen LogP) is 6.51. The molecule has 0 radical (unpaired) electrons. The van der Waals surface area contributed by atoms with Crippen LogP contribution in [0.2, 0.25) is 10.0 Å². The van der Waals surface area contributed by atoms with Gasteiger partial charge in [0.2, 0.25) is 5.91 Å². The first-order chi connectivity index (χ1) is 20.9. The summed E-state index contributed by atoms with van der Waals surface area (Å²) in [5.41, 5.74) is 2.36. The third kappa shape index (κ3) is 8.04. The van der Waals surface area contributed by atoms with Crippen LogP contribution in [0.15, 0.2) is 43.4 Å². The minimum Gasteiger partial charge on any atom is -0.365 e. The number of nitrogens with one attached hydrogen (secondary N) is 1. The molecule has 2 aliphatic rings. The highest BCUT2D eigenvalue weighted by molar-refractivity contribution is 7.99. The van der Waals surface area contributed by atoms with Crippen LogP contribution >= 0.6 is 35.0 Å². The Morgan fingerprint density at radius 2 is 1.70 bits per heavy atom. The van der Waals surface area contributed by atoms with Crippen LogP contribution in [0.25, 0.3) is 23.5 Å². The van der Waals surface area contributed by atoms with Gasteiger partial charge in [0.05, 0.1) is 22.3 Å². The lowest BCUT2D eigenvalue weighted by Gasteiger charge is -2.36. The van der Waals surface area contributed by atoms with E-state index in [9.17, 15) is 4.79 Å². The summed E-state index contributed by atoms with van der Waals surface area (Å²) in [6.45, 7) is 14.6. The molecule has 9 nitrogen and oxygen atoms in total. The van der Waals surface area contributed by atoms with Crippen molar-refractivity contribution in [1.82, 2.24) is 24.4 Å². The Kier molecular flexibility index (Phi) is 12.2. The van der Waals surface area contributed by atoms with E-state index >= 15 is 0 Å². The van der Waals surface area contributed by atoms with Gasteiger partial charge in [-0.3, -0.25) is 14.3 Å². The van der Waals surface area contributed by atoms with E-state index in [1.54, 1.807) is 18.5 Å². The highest BCUT2D eigenvalue weighted by Gasteiger charge is 2.25. The molecule has 12 heteroatoms. The highest BCUT2D eigenvalue weighted by Crippen LogP contribution is 2.33. The third-order valence-electron chi connectivity index (χ3n) is 6.96. The van der Waals surface area contributed by atoms with Crippen molar-refractivity contribution >= 4 is 70.5 Å². The molecule has 1 amide bonds. The van der Waals surface area contributed by atoms with Crippen molar-refractivity contribution in [3.63, 3.8) is 0 Å². The number of pyridine rings is 2. The van der Waals surface area contributed by atoms with Crippen LogP contribution in [-0.4, -0.2) is 87.6 Å². The highest BCUT2D eigenvalue weighted by atomic mass is 35.5. The molecule has 2 saturated heterocycles. The van der Waals surface area contributed by atoms with Gasteiger partial charge in [-0.15, -0.1) is 0 Å². The molecule has 2 fully saturated rings. The maximum Gasteiger partial charge on any atom is 0.242 e. The van der Waals surface area contributed by atoms with E-state index in [2.05, 4.69) is 40.5 Å². The van der Waals surface area contributed by atoms with Crippen molar-refractivity contribution in [3.8, 4) is 11.3 Å². The minimum atomic E-state index is 0.00217. The van der Waals surface area contributed by atoms with Gasteiger partial charge in [0.1, 0.15) is 23.2 Å². The van der Waals surface area contributed by atoms with E-state index < -0.39 is 0 Å². The second-order valence-corrected chi connectivity index (χ2v) is 12.1. The Morgan fingerprint density at radius 3 is 2.28 bits per heavy atom. The van der Waals surface area contributed by atoms with Gasteiger partial charge in [0, 0.05) is 81.1 Å².